The average Bonchev–Trinajstić information content (AvgIpc) is 2.67. The van der Waals surface area contributed by atoms with Crippen molar-refractivity contribution in [2.75, 3.05) is 0 Å². The van der Waals surface area contributed by atoms with E-state index in [1.165, 1.54) is 0 Å². The molecule has 0 heterocycles. The first-order valence-electron chi connectivity index (χ1n) is 9.27. The van der Waals surface area contributed by atoms with Crippen LogP contribution in [0.4, 0.5) is 0 Å². The van der Waals surface area contributed by atoms with Crippen molar-refractivity contribution in [1.82, 2.24) is 0 Å². The molecular weight excluding hydrogens is 480 g/mol. The predicted molar refractivity (Wildman–Crippen MR) is 121 cm³/mol. The van der Waals surface area contributed by atoms with Crippen LogP contribution in [0.5, 0.6) is 0 Å². The highest BCUT2D eigenvalue weighted by Crippen LogP contribution is 2.54. The van der Waals surface area contributed by atoms with Gasteiger partial charge in [-0.3, -0.25) is 9.59 Å². The van der Waals surface area contributed by atoms with Crippen LogP contribution in [-0.2, 0) is 9.59 Å². The molecule has 0 bridgehead atoms. The Hall–Kier alpha value is -1.78. The lowest BCUT2D eigenvalue weighted by Crippen LogP contribution is -2.46. The van der Waals surface area contributed by atoms with Crippen molar-refractivity contribution in [3.8, 4) is 0 Å². The number of hydrogen-bond donors (Lipinski definition) is 0. The van der Waals surface area contributed by atoms with E-state index >= 15 is 0 Å². The number of carbonyl (C=O) groups is 2. The van der Waals surface area contributed by atoms with E-state index in [1.807, 2.05) is 60.7 Å². The number of Topliss-reactive ketones (excluding diaryl/α,β-unsaturated/α-hetero) is 2. The number of benzene rings is 2. The molecule has 0 unspecified atom stereocenters. The molecule has 28 heavy (non-hydrogen) atoms. The van der Waals surface area contributed by atoms with Crippen LogP contribution in [0.25, 0.3) is 11.1 Å². The first-order chi connectivity index (χ1) is 13.2. The van der Waals surface area contributed by atoms with Gasteiger partial charge in [-0.2, -0.15) is 0 Å². The summed E-state index contributed by atoms with van der Waals surface area (Å²) in [5.41, 5.74) is 3.87. The highest BCUT2D eigenvalue weighted by atomic mass is 79.9. The van der Waals surface area contributed by atoms with Crippen LogP contribution < -0.4 is 0 Å². The number of hydrogen-bond acceptors (Lipinski definition) is 2. The fourth-order valence-electron chi connectivity index (χ4n) is 3.97. The maximum atomic E-state index is 13.7. The molecule has 2 aromatic rings. The molecule has 0 radical (unpaired) electrons. The van der Waals surface area contributed by atoms with Crippen molar-refractivity contribution in [3.63, 3.8) is 0 Å². The summed E-state index contributed by atoms with van der Waals surface area (Å²) in [4.78, 5) is 27.4. The second-order valence-corrected chi connectivity index (χ2v) is 11.3. The monoisotopic (exact) mass is 498 g/mol. The fourth-order valence-corrected chi connectivity index (χ4v) is 4.81. The fraction of sp³-hybridized carbons (Fsp3) is 0.250. The summed E-state index contributed by atoms with van der Waals surface area (Å²) in [5, 5.41) is 0. The van der Waals surface area contributed by atoms with Crippen LogP contribution in [0.3, 0.4) is 0 Å². The quantitative estimate of drug-likeness (QED) is 0.367. The van der Waals surface area contributed by atoms with Crippen LogP contribution in [-0.4, -0.2) is 20.2 Å². The van der Waals surface area contributed by atoms with Crippen LogP contribution in [0.1, 0.15) is 37.8 Å². The van der Waals surface area contributed by atoms with E-state index in [0.717, 1.165) is 11.1 Å². The van der Waals surface area contributed by atoms with Gasteiger partial charge in [-0.05, 0) is 37.8 Å². The van der Waals surface area contributed by atoms with Crippen molar-refractivity contribution >= 4 is 54.6 Å². The predicted octanol–water partition coefficient (Wildman–Crippen LogP) is 6.15. The number of halogens is 2. The summed E-state index contributed by atoms with van der Waals surface area (Å²) in [5.74, 6) is -0.0679. The number of rotatable bonds is 2. The Morgan fingerprint density at radius 1 is 0.643 bits per heavy atom. The van der Waals surface area contributed by atoms with Crippen molar-refractivity contribution in [2.24, 2.45) is 0 Å². The lowest BCUT2D eigenvalue weighted by atomic mass is 9.68. The standard InChI is InChI=1S/C24H20Br2O2/c1-23(25)13-17-18(14-24(23,2)26)22(28)20(16-11-7-4-8-12-16)19(21(17)27)15-9-5-3-6-10-15/h3-12H,13-14H2,1-2H3/t23-,24+. The van der Waals surface area contributed by atoms with Crippen molar-refractivity contribution in [1.29, 1.82) is 0 Å². The highest BCUT2D eigenvalue weighted by Gasteiger charge is 2.50. The third-order valence-corrected chi connectivity index (χ3v) is 8.69. The van der Waals surface area contributed by atoms with E-state index < -0.39 is 0 Å². The summed E-state index contributed by atoms with van der Waals surface area (Å²) < 4.78 is -0.637. The van der Waals surface area contributed by atoms with E-state index in [4.69, 9.17) is 0 Å². The third-order valence-electron chi connectivity index (χ3n) is 5.85. The Morgan fingerprint density at radius 2 is 0.964 bits per heavy atom. The van der Waals surface area contributed by atoms with Gasteiger partial charge >= 0.3 is 0 Å². The Balaban J connectivity index is 1.96. The average molecular weight is 500 g/mol. The molecule has 2 aliphatic carbocycles. The number of allylic oxidation sites excluding steroid dienone is 4. The second kappa shape index (κ2) is 6.93. The van der Waals surface area contributed by atoms with Gasteiger partial charge < -0.3 is 0 Å². The summed E-state index contributed by atoms with van der Waals surface area (Å²) in [6, 6.07) is 19.0. The van der Waals surface area contributed by atoms with E-state index in [2.05, 4.69) is 45.7 Å². The first kappa shape index (κ1) is 19.5. The molecule has 2 atom stereocenters. The largest absolute Gasteiger partial charge is 0.289 e. The SMILES string of the molecule is C[C@]1(Br)CC2=C(C[C@@]1(C)Br)C(=O)C(c1ccccc1)=C(c1ccccc1)C2=O. The third kappa shape index (κ3) is 3.07. The van der Waals surface area contributed by atoms with Gasteiger partial charge in [0.25, 0.3) is 0 Å². The zero-order valence-electron chi connectivity index (χ0n) is 15.8. The van der Waals surface area contributed by atoms with Gasteiger partial charge in [0.05, 0.1) is 0 Å². The molecule has 0 amide bonds. The topological polar surface area (TPSA) is 34.1 Å². The van der Waals surface area contributed by atoms with E-state index in [9.17, 15) is 9.59 Å². The molecule has 0 aromatic heterocycles. The Kier molecular flexibility index (Phi) is 4.83. The van der Waals surface area contributed by atoms with Crippen molar-refractivity contribution in [3.05, 3.63) is 82.9 Å². The zero-order valence-corrected chi connectivity index (χ0v) is 18.9. The number of alkyl halides is 2. The summed E-state index contributed by atoms with van der Waals surface area (Å²) in [6.45, 7) is 4.14. The minimum atomic E-state index is -0.319. The molecule has 0 N–H and O–H groups in total. The Morgan fingerprint density at radius 3 is 1.29 bits per heavy atom. The summed E-state index contributed by atoms with van der Waals surface area (Å²) in [6.07, 6.45) is 1.01. The smallest absolute Gasteiger partial charge is 0.190 e. The molecule has 2 aromatic carbocycles. The van der Waals surface area contributed by atoms with Crippen LogP contribution in [0.2, 0.25) is 0 Å². The lowest BCUT2D eigenvalue weighted by molar-refractivity contribution is -0.114. The van der Waals surface area contributed by atoms with Gasteiger partial charge in [-0.25, -0.2) is 0 Å². The maximum absolute atomic E-state index is 13.7. The molecule has 4 heteroatoms. The maximum Gasteiger partial charge on any atom is 0.190 e. The van der Waals surface area contributed by atoms with Gasteiger partial charge in [-0.15, -0.1) is 0 Å². The van der Waals surface area contributed by atoms with Gasteiger partial charge in [0.15, 0.2) is 11.6 Å². The van der Waals surface area contributed by atoms with Gasteiger partial charge in [0.2, 0.25) is 0 Å². The molecule has 142 valence electrons. The lowest BCUT2D eigenvalue weighted by Gasteiger charge is -2.44. The highest BCUT2D eigenvalue weighted by molar-refractivity contribution is 9.13. The Bertz CT molecular complexity index is 945. The van der Waals surface area contributed by atoms with Crippen molar-refractivity contribution < 1.29 is 9.59 Å². The van der Waals surface area contributed by atoms with Crippen LogP contribution in [0, 0.1) is 0 Å². The van der Waals surface area contributed by atoms with Gasteiger partial charge in [0.1, 0.15) is 0 Å². The molecule has 0 fully saturated rings. The minimum absolute atomic E-state index is 0.0340. The molecule has 2 aliphatic rings. The van der Waals surface area contributed by atoms with E-state index in [-0.39, 0.29) is 20.2 Å². The van der Waals surface area contributed by atoms with E-state index in [1.54, 1.807) is 0 Å². The summed E-state index contributed by atoms with van der Waals surface area (Å²) >= 11 is 7.60. The number of ketones is 2. The van der Waals surface area contributed by atoms with Gasteiger partial charge in [-0.1, -0.05) is 92.5 Å². The molecule has 0 aliphatic heterocycles. The molecule has 2 nitrogen and oxygen atoms in total. The molecule has 4 rings (SSSR count). The number of carbonyl (C=O) groups excluding carboxylic acids is 2. The minimum Gasteiger partial charge on any atom is -0.289 e. The first-order valence-corrected chi connectivity index (χ1v) is 10.9. The molecule has 0 saturated heterocycles. The van der Waals surface area contributed by atoms with Crippen LogP contribution >= 0.6 is 31.9 Å². The van der Waals surface area contributed by atoms with Crippen LogP contribution in [0.15, 0.2) is 71.8 Å². The second-order valence-electron chi connectivity index (χ2n) is 7.85. The zero-order chi connectivity index (χ0) is 20.1. The summed E-state index contributed by atoms with van der Waals surface area (Å²) in [7, 11) is 0. The molecular formula is C24H20Br2O2. The van der Waals surface area contributed by atoms with Gasteiger partial charge in [0, 0.05) is 30.9 Å². The van der Waals surface area contributed by atoms with E-state index in [0.29, 0.717) is 35.1 Å². The molecule has 0 spiro atoms. The van der Waals surface area contributed by atoms with Crippen molar-refractivity contribution in [2.45, 2.75) is 35.3 Å². The Labute approximate surface area is 182 Å². The normalized spacial score (nSPS) is 27.9. The molecule has 0 saturated carbocycles.